The number of hydrogen-bond donors (Lipinski definition) is 1. The van der Waals surface area contributed by atoms with Crippen molar-refractivity contribution in [2.75, 3.05) is 13.2 Å². The van der Waals surface area contributed by atoms with E-state index < -0.39 is 42.0 Å². The standard InChI is InChI=1S/C17H19F3O7/c1-16(2,3)27-14(23)11-4-5-12(26-15(24)17(18,19)20)10(8-11)6-7-25-9-13(21)22/h4-5,8H,6-7,9H2,1-3H3,(H,21,22). The SMILES string of the molecule is CC(C)(C)OC(=O)c1ccc(OC(=O)C(F)(F)F)c(CCOCC(=O)O)c1. The highest BCUT2D eigenvalue weighted by Crippen LogP contribution is 2.26. The molecule has 1 aromatic carbocycles. The van der Waals surface area contributed by atoms with Gasteiger partial charge >= 0.3 is 24.1 Å². The van der Waals surface area contributed by atoms with Crippen LogP contribution in [-0.2, 0) is 25.5 Å². The minimum atomic E-state index is -5.19. The summed E-state index contributed by atoms with van der Waals surface area (Å²) >= 11 is 0. The highest BCUT2D eigenvalue weighted by atomic mass is 19.4. The first kappa shape index (κ1) is 22.4. The number of halogens is 3. The number of ether oxygens (including phenoxy) is 3. The van der Waals surface area contributed by atoms with Crippen LogP contribution in [0.5, 0.6) is 5.75 Å². The number of carbonyl (C=O) groups excluding carboxylic acids is 2. The number of aliphatic carboxylic acids is 1. The molecular weight excluding hydrogens is 373 g/mol. The number of esters is 2. The molecule has 0 aliphatic heterocycles. The number of carboxylic acids is 1. The van der Waals surface area contributed by atoms with Gasteiger partial charge in [-0.25, -0.2) is 14.4 Å². The van der Waals surface area contributed by atoms with Gasteiger partial charge in [-0.2, -0.15) is 13.2 Å². The van der Waals surface area contributed by atoms with Gasteiger partial charge in [0.25, 0.3) is 0 Å². The maximum Gasteiger partial charge on any atom is 0.491 e. The quantitative estimate of drug-likeness (QED) is 0.433. The molecule has 0 radical (unpaired) electrons. The van der Waals surface area contributed by atoms with E-state index in [0.29, 0.717) is 0 Å². The molecular formula is C17H19F3O7. The lowest BCUT2D eigenvalue weighted by Crippen LogP contribution is -2.28. The maximum atomic E-state index is 12.4. The Hall–Kier alpha value is -2.62. The van der Waals surface area contributed by atoms with E-state index in [-0.39, 0.29) is 24.2 Å². The molecule has 150 valence electrons. The summed E-state index contributed by atoms with van der Waals surface area (Å²) in [4.78, 5) is 33.6. The second-order valence-electron chi connectivity index (χ2n) is 6.41. The van der Waals surface area contributed by atoms with Crippen molar-refractivity contribution in [2.45, 2.75) is 39.0 Å². The zero-order valence-electron chi connectivity index (χ0n) is 14.9. The molecule has 0 aromatic heterocycles. The summed E-state index contributed by atoms with van der Waals surface area (Å²) in [6, 6.07) is 3.40. The van der Waals surface area contributed by atoms with Crippen LogP contribution < -0.4 is 4.74 Å². The molecule has 0 heterocycles. The molecule has 0 fully saturated rings. The molecule has 7 nitrogen and oxygen atoms in total. The van der Waals surface area contributed by atoms with Gasteiger partial charge in [0.2, 0.25) is 0 Å². The fourth-order valence-electron chi connectivity index (χ4n) is 1.84. The molecule has 0 spiro atoms. The van der Waals surface area contributed by atoms with E-state index in [0.717, 1.165) is 12.1 Å². The molecule has 0 aliphatic carbocycles. The van der Waals surface area contributed by atoms with Gasteiger partial charge < -0.3 is 19.3 Å². The second-order valence-corrected chi connectivity index (χ2v) is 6.41. The number of rotatable bonds is 7. The molecule has 27 heavy (non-hydrogen) atoms. The lowest BCUT2D eigenvalue weighted by molar-refractivity contribution is -0.189. The third kappa shape index (κ3) is 8.07. The lowest BCUT2D eigenvalue weighted by atomic mass is 10.1. The first-order valence-corrected chi connectivity index (χ1v) is 7.74. The van der Waals surface area contributed by atoms with E-state index in [9.17, 15) is 27.6 Å². The third-order valence-electron chi connectivity index (χ3n) is 2.87. The van der Waals surface area contributed by atoms with Gasteiger partial charge in [-0.15, -0.1) is 0 Å². The van der Waals surface area contributed by atoms with Gasteiger partial charge in [-0.3, -0.25) is 0 Å². The molecule has 10 heteroatoms. The number of carboxylic acid groups (broad SMARTS) is 1. The van der Waals surface area contributed by atoms with Gasteiger partial charge in [-0.1, -0.05) is 0 Å². The summed E-state index contributed by atoms with van der Waals surface area (Å²) in [7, 11) is 0. The minimum Gasteiger partial charge on any atom is -0.480 e. The first-order chi connectivity index (χ1) is 12.3. The molecule has 1 aromatic rings. The summed E-state index contributed by atoms with van der Waals surface area (Å²) in [5.41, 5.74) is -0.699. The van der Waals surface area contributed by atoms with Gasteiger partial charge in [0, 0.05) is 0 Å². The largest absolute Gasteiger partial charge is 0.491 e. The van der Waals surface area contributed by atoms with Crippen LogP contribution >= 0.6 is 0 Å². The van der Waals surface area contributed by atoms with Crippen LogP contribution in [0.1, 0.15) is 36.7 Å². The zero-order valence-corrected chi connectivity index (χ0v) is 14.9. The van der Waals surface area contributed by atoms with Gasteiger partial charge in [-0.05, 0) is 51.0 Å². The van der Waals surface area contributed by atoms with Crippen molar-refractivity contribution < 1.29 is 46.9 Å². The molecule has 0 aliphatic rings. The van der Waals surface area contributed by atoms with Crippen LogP contribution in [0.2, 0.25) is 0 Å². The monoisotopic (exact) mass is 392 g/mol. The van der Waals surface area contributed by atoms with E-state index in [1.165, 1.54) is 6.07 Å². The average Bonchev–Trinajstić information content (AvgIpc) is 2.49. The molecule has 0 bridgehead atoms. The first-order valence-electron chi connectivity index (χ1n) is 7.74. The summed E-state index contributed by atoms with van der Waals surface area (Å²) in [5.74, 6) is -4.77. The minimum absolute atomic E-state index is 0.0324. The topological polar surface area (TPSA) is 99.1 Å². The maximum absolute atomic E-state index is 12.4. The zero-order chi connectivity index (χ0) is 20.8. The number of hydrogen-bond acceptors (Lipinski definition) is 6. The van der Waals surface area contributed by atoms with Crippen molar-refractivity contribution in [3.63, 3.8) is 0 Å². The summed E-state index contributed by atoms with van der Waals surface area (Å²) in [6.45, 7) is 4.14. The number of alkyl halides is 3. The number of benzene rings is 1. The second kappa shape index (κ2) is 8.85. The fraction of sp³-hybridized carbons (Fsp3) is 0.471. The Labute approximate surface area is 153 Å². The summed E-state index contributed by atoms with van der Waals surface area (Å²) < 4.78 is 51.6. The fourth-order valence-corrected chi connectivity index (χ4v) is 1.84. The predicted molar refractivity (Wildman–Crippen MR) is 85.5 cm³/mol. The van der Waals surface area contributed by atoms with Crippen molar-refractivity contribution in [1.29, 1.82) is 0 Å². The molecule has 0 unspecified atom stereocenters. The number of carbonyl (C=O) groups is 3. The van der Waals surface area contributed by atoms with E-state index in [1.54, 1.807) is 20.8 Å². The van der Waals surface area contributed by atoms with Crippen molar-refractivity contribution in [2.24, 2.45) is 0 Å². The third-order valence-corrected chi connectivity index (χ3v) is 2.87. The summed E-state index contributed by atoms with van der Waals surface area (Å²) in [6.07, 6.45) is -5.29. The smallest absolute Gasteiger partial charge is 0.480 e. The Kier molecular flexibility index (Phi) is 7.35. The van der Waals surface area contributed by atoms with Crippen molar-refractivity contribution in [3.8, 4) is 5.75 Å². The van der Waals surface area contributed by atoms with Gasteiger partial charge in [0.1, 0.15) is 18.0 Å². The van der Waals surface area contributed by atoms with E-state index in [4.69, 9.17) is 14.6 Å². The highest BCUT2D eigenvalue weighted by molar-refractivity contribution is 5.90. The molecule has 0 saturated heterocycles. The van der Waals surface area contributed by atoms with E-state index in [2.05, 4.69) is 4.74 Å². The van der Waals surface area contributed by atoms with Gasteiger partial charge in [0.05, 0.1) is 12.2 Å². The molecule has 0 saturated carbocycles. The van der Waals surface area contributed by atoms with Crippen LogP contribution in [0.15, 0.2) is 18.2 Å². The Morgan fingerprint density at radius 1 is 1.11 bits per heavy atom. The molecule has 0 atom stereocenters. The average molecular weight is 392 g/mol. The lowest BCUT2D eigenvalue weighted by Gasteiger charge is -2.20. The van der Waals surface area contributed by atoms with Crippen LogP contribution in [0.25, 0.3) is 0 Å². The van der Waals surface area contributed by atoms with Crippen LogP contribution in [0, 0.1) is 0 Å². The molecule has 1 N–H and O–H groups in total. The van der Waals surface area contributed by atoms with Crippen LogP contribution in [0.3, 0.4) is 0 Å². The van der Waals surface area contributed by atoms with Crippen molar-refractivity contribution >= 4 is 17.9 Å². The van der Waals surface area contributed by atoms with Crippen molar-refractivity contribution in [3.05, 3.63) is 29.3 Å². The Balaban J connectivity index is 3.05. The van der Waals surface area contributed by atoms with Crippen LogP contribution in [0.4, 0.5) is 13.2 Å². The normalized spacial score (nSPS) is 11.8. The molecule has 1 rings (SSSR count). The van der Waals surface area contributed by atoms with E-state index >= 15 is 0 Å². The highest BCUT2D eigenvalue weighted by Gasteiger charge is 2.41. The van der Waals surface area contributed by atoms with Crippen molar-refractivity contribution in [1.82, 2.24) is 0 Å². The molecule has 0 amide bonds. The Morgan fingerprint density at radius 2 is 1.74 bits per heavy atom. The van der Waals surface area contributed by atoms with E-state index in [1.807, 2.05) is 0 Å². The predicted octanol–water partition coefficient (Wildman–Crippen LogP) is 2.75. The van der Waals surface area contributed by atoms with Gasteiger partial charge in [0.15, 0.2) is 0 Å². The summed E-state index contributed by atoms with van der Waals surface area (Å²) in [5, 5.41) is 8.52. The Bertz CT molecular complexity index is 705. The Morgan fingerprint density at radius 3 is 2.26 bits per heavy atom. The van der Waals surface area contributed by atoms with Crippen LogP contribution in [-0.4, -0.2) is 48.0 Å².